The minimum atomic E-state index is -3.51. The second-order valence-corrected chi connectivity index (χ2v) is 6.64. The van der Waals surface area contributed by atoms with E-state index in [0.717, 1.165) is 30.2 Å². The van der Waals surface area contributed by atoms with Crippen LogP contribution in [0, 0.1) is 5.92 Å². The average Bonchev–Trinajstić information content (AvgIpc) is 2.27. The van der Waals surface area contributed by atoms with E-state index in [1.807, 2.05) is 0 Å². The maximum Gasteiger partial charge on any atom is 0.279 e. The summed E-state index contributed by atoms with van der Waals surface area (Å²) in [6.07, 6.45) is 1.98. The molecule has 0 unspecified atom stereocenters. The van der Waals surface area contributed by atoms with E-state index in [1.54, 1.807) is 4.90 Å². The van der Waals surface area contributed by atoms with Crippen molar-refractivity contribution < 1.29 is 13.2 Å². The van der Waals surface area contributed by atoms with E-state index >= 15 is 0 Å². The Kier molecular flexibility index (Phi) is 4.91. The maximum absolute atomic E-state index is 11.8. The lowest BCUT2D eigenvalue weighted by molar-refractivity contribution is -0.131. The first-order valence-corrected chi connectivity index (χ1v) is 7.22. The van der Waals surface area contributed by atoms with Crippen LogP contribution in [-0.4, -0.2) is 57.3 Å². The summed E-state index contributed by atoms with van der Waals surface area (Å²) in [7, 11) is -0.655. The Labute approximate surface area is 103 Å². The average molecular weight is 263 g/mol. The van der Waals surface area contributed by atoms with Crippen LogP contribution in [-0.2, 0) is 15.0 Å². The van der Waals surface area contributed by atoms with Crippen LogP contribution in [0.4, 0.5) is 0 Å². The molecule has 0 spiro atoms. The molecule has 7 heteroatoms. The van der Waals surface area contributed by atoms with Gasteiger partial charge >= 0.3 is 0 Å². The molecule has 0 bridgehead atoms. The Hall–Kier alpha value is -0.660. The Morgan fingerprint density at radius 2 is 1.88 bits per heavy atom. The summed E-state index contributed by atoms with van der Waals surface area (Å²) in [6.45, 7) is 3.46. The van der Waals surface area contributed by atoms with Crippen molar-refractivity contribution in [2.24, 2.45) is 5.92 Å². The van der Waals surface area contributed by atoms with Gasteiger partial charge in [0, 0.05) is 27.2 Å². The molecule has 0 radical (unpaired) electrons. The molecule has 0 saturated carbocycles. The fourth-order valence-electron chi connectivity index (χ4n) is 1.65. The molecule has 17 heavy (non-hydrogen) atoms. The third-order valence-electron chi connectivity index (χ3n) is 3.02. The van der Waals surface area contributed by atoms with Crippen molar-refractivity contribution in [1.82, 2.24) is 13.9 Å². The van der Waals surface area contributed by atoms with Crippen molar-refractivity contribution in [1.29, 1.82) is 0 Å². The highest BCUT2D eigenvalue weighted by Gasteiger charge is 2.22. The van der Waals surface area contributed by atoms with E-state index in [1.165, 1.54) is 14.1 Å². The molecule has 1 saturated heterocycles. The van der Waals surface area contributed by atoms with E-state index in [9.17, 15) is 13.2 Å². The van der Waals surface area contributed by atoms with Crippen molar-refractivity contribution in [3.8, 4) is 0 Å². The summed E-state index contributed by atoms with van der Waals surface area (Å²) in [6, 6.07) is 0. The van der Waals surface area contributed by atoms with Gasteiger partial charge in [-0.1, -0.05) is 6.92 Å². The molecule has 0 atom stereocenters. The number of likely N-dealkylation sites (tertiary alicyclic amines) is 1. The summed E-state index contributed by atoms with van der Waals surface area (Å²) < 4.78 is 26.2. The molecule has 1 N–H and O–H groups in total. The molecule has 0 aliphatic carbocycles. The second-order valence-electron chi connectivity index (χ2n) is 4.67. The number of amides is 1. The van der Waals surface area contributed by atoms with Gasteiger partial charge in [0.05, 0.1) is 6.54 Å². The minimum Gasteiger partial charge on any atom is -0.342 e. The second kappa shape index (κ2) is 5.79. The quantitative estimate of drug-likeness (QED) is 0.753. The number of piperidine rings is 1. The first-order valence-electron chi connectivity index (χ1n) is 5.78. The van der Waals surface area contributed by atoms with Gasteiger partial charge in [0.25, 0.3) is 10.2 Å². The van der Waals surface area contributed by atoms with Crippen molar-refractivity contribution in [2.75, 3.05) is 33.7 Å². The van der Waals surface area contributed by atoms with E-state index < -0.39 is 10.2 Å². The van der Waals surface area contributed by atoms with E-state index in [2.05, 4.69) is 11.6 Å². The molecular formula is C10H21N3O3S. The fraction of sp³-hybridized carbons (Fsp3) is 0.900. The van der Waals surface area contributed by atoms with Crippen LogP contribution in [0.15, 0.2) is 0 Å². The SMILES string of the molecule is CC1CCN(C(=O)CNS(=O)(=O)N(C)C)CC1. The minimum absolute atomic E-state index is 0.151. The van der Waals surface area contributed by atoms with E-state index in [-0.39, 0.29) is 12.5 Å². The molecule has 0 aromatic heterocycles. The summed E-state index contributed by atoms with van der Waals surface area (Å²) in [5.41, 5.74) is 0. The predicted molar refractivity (Wildman–Crippen MR) is 65.6 cm³/mol. The lowest BCUT2D eigenvalue weighted by Crippen LogP contribution is -2.46. The van der Waals surface area contributed by atoms with Gasteiger partial charge in [-0.15, -0.1) is 0 Å². The molecule has 100 valence electrons. The van der Waals surface area contributed by atoms with Gasteiger partial charge in [0.2, 0.25) is 5.91 Å². The number of carbonyl (C=O) groups excluding carboxylic acids is 1. The molecule has 1 aliphatic rings. The highest BCUT2D eigenvalue weighted by molar-refractivity contribution is 7.87. The van der Waals surface area contributed by atoms with Gasteiger partial charge in [0.1, 0.15) is 0 Å². The number of carbonyl (C=O) groups is 1. The topological polar surface area (TPSA) is 69.7 Å². The molecule has 1 aliphatic heterocycles. The largest absolute Gasteiger partial charge is 0.342 e. The monoisotopic (exact) mass is 263 g/mol. The standard InChI is InChI=1S/C10H21N3O3S/c1-9-4-6-13(7-5-9)10(14)8-11-17(15,16)12(2)3/h9,11H,4-8H2,1-3H3. The number of rotatable bonds is 4. The normalized spacial score (nSPS) is 18.7. The van der Waals surface area contributed by atoms with Crippen LogP contribution in [0.5, 0.6) is 0 Å². The Balaban J connectivity index is 2.40. The van der Waals surface area contributed by atoms with Gasteiger partial charge < -0.3 is 4.90 Å². The molecule has 0 aromatic carbocycles. The third-order valence-corrected chi connectivity index (χ3v) is 4.49. The van der Waals surface area contributed by atoms with Crippen molar-refractivity contribution in [3.63, 3.8) is 0 Å². The van der Waals surface area contributed by atoms with Crippen molar-refractivity contribution in [3.05, 3.63) is 0 Å². The zero-order valence-electron chi connectivity index (χ0n) is 10.6. The van der Waals surface area contributed by atoms with Gasteiger partial charge in [0.15, 0.2) is 0 Å². The highest BCUT2D eigenvalue weighted by atomic mass is 32.2. The third kappa shape index (κ3) is 4.25. The number of hydrogen-bond donors (Lipinski definition) is 1. The number of nitrogens with one attached hydrogen (secondary N) is 1. The van der Waals surface area contributed by atoms with Gasteiger partial charge in [-0.3, -0.25) is 4.79 Å². The Bertz CT molecular complexity index is 359. The van der Waals surface area contributed by atoms with Crippen LogP contribution in [0.1, 0.15) is 19.8 Å². The molecule has 1 amide bonds. The smallest absolute Gasteiger partial charge is 0.279 e. The molecule has 0 aromatic rings. The first kappa shape index (κ1) is 14.4. The van der Waals surface area contributed by atoms with E-state index in [0.29, 0.717) is 5.92 Å². The summed E-state index contributed by atoms with van der Waals surface area (Å²) >= 11 is 0. The Morgan fingerprint density at radius 1 is 1.35 bits per heavy atom. The molecule has 1 heterocycles. The lowest BCUT2D eigenvalue weighted by Gasteiger charge is -2.30. The van der Waals surface area contributed by atoms with Crippen molar-refractivity contribution in [2.45, 2.75) is 19.8 Å². The number of hydrogen-bond acceptors (Lipinski definition) is 3. The fourth-order valence-corrected chi connectivity index (χ4v) is 2.22. The summed E-state index contributed by atoms with van der Waals surface area (Å²) in [5.74, 6) is 0.500. The first-order chi connectivity index (χ1) is 7.83. The van der Waals surface area contributed by atoms with Crippen LogP contribution < -0.4 is 4.72 Å². The van der Waals surface area contributed by atoms with Crippen LogP contribution in [0.3, 0.4) is 0 Å². The molecular weight excluding hydrogens is 242 g/mol. The van der Waals surface area contributed by atoms with Crippen LogP contribution in [0.2, 0.25) is 0 Å². The molecule has 6 nitrogen and oxygen atoms in total. The molecule has 1 fully saturated rings. The Morgan fingerprint density at radius 3 is 2.35 bits per heavy atom. The lowest BCUT2D eigenvalue weighted by atomic mass is 9.99. The zero-order chi connectivity index (χ0) is 13.1. The molecule has 1 rings (SSSR count). The highest BCUT2D eigenvalue weighted by Crippen LogP contribution is 2.15. The number of nitrogens with zero attached hydrogens (tertiary/aromatic N) is 2. The van der Waals surface area contributed by atoms with Gasteiger partial charge in [-0.05, 0) is 18.8 Å². The van der Waals surface area contributed by atoms with Crippen LogP contribution in [0.25, 0.3) is 0 Å². The van der Waals surface area contributed by atoms with Gasteiger partial charge in [-0.25, -0.2) is 0 Å². The van der Waals surface area contributed by atoms with Gasteiger partial charge in [-0.2, -0.15) is 17.4 Å². The summed E-state index contributed by atoms with van der Waals surface area (Å²) in [4.78, 5) is 13.5. The zero-order valence-corrected chi connectivity index (χ0v) is 11.5. The van der Waals surface area contributed by atoms with E-state index in [4.69, 9.17) is 0 Å². The maximum atomic E-state index is 11.8. The van der Waals surface area contributed by atoms with Crippen molar-refractivity contribution >= 4 is 16.1 Å². The predicted octanol–water partition coefficient (Wildman–Crippen LogP) is -0.359. The van der Waals surface area contributed by atoms with Crippen LogP contribution >= 0.6 is 0 Å². The summed E-state index contributed by atoms with van der Waals surface area (Å²) in [5, 5.41) is 0.